The van der Waals surface area contributed by atoms with Gasteiger partial charge in [0.15, 0.2) is 17.4 Å². The zero-order chi connectivity index (χ0) is 0. The molecular weight excluding hydrogens is 157 g/mol. The average molecular weight is 162 g/mol. The van der Waals surface area contributed by atoms with E-state index in [1.54, 1.807) is 0 Å². The second kappa shape index (κ2) is 24.4. The molecule has 0 saturated heterocycles. The van der Waals surface area contributed by atoms with Gasteiger partial charge in [0.05, 0.1) is 0 Å². The molecule has 1 nitrogen and oxygen atoms in total. The van der Waals surface area contributed by atoms with Crippen molar-refractivity contribution in [2.45, 2.75) is 0 Å². The molecule has 0 aromatic heterocycles. The zero-order valence-corrected chi connectivity index (χ0v) is 3.36. The van der Waals surface area contributed by atoms with Crippen molar-refractivity contribution in [2.24, 2.45) is 0 Å². The topological polar surface area (TPSA) is 31.5 Å². The van der Waals surface area contributed by atoms with Crippen LogP contribution in [0.4, 0.5) is 0 Å². The first-order valence-electron chi connectivity index (χ1n) is 0. The normalized spacial score (nSPS) is 0. The van der Waals surface area contributed by atoms with E-state index in [1.165, 1.54) is 0 Å². The van der Waals surface area contributed by atoms with Crippen LogP contribution in [0.3, 0.4) is 0 Å². The van der Waals surface area contributed by atoms with Crippen molar-refractivity contribution < 1.29 is 39.0 Å². The molecule has 0 rings (SSSR count). The van der Waals surface area contributed by atoms with Gasteiger partial charge in [-0.15, -0.1) is 0 Å². The third-order valence-corrected chi connectivity index (χ3v) is 0. The molecule has 0 aliphatic carbocycles. The maximum absolute atomic E-state index is 0. The van der Waals surface area contributed by atoms with E-state index >= 15 is 0 Å². The van der Waals surface area contributed by atoms with Gasteiger partial charge in [-0.1, -0.05) is 0 Å². The third-order valence-electron chi connectivity index (χ3n) is 0. The molecule has 4 heteroatoms. The Balaban J connectivity index is 0. The number of hydrogen-bond acceptors (Lipinski definition) is 0. The summed E-state index contributed by atoms with van der Waals surface area (Å²) in [5.74, 6) is 0. The van der Waals surface area contributed by atoms with Crippen LogP contribution >= 0.6 is 0 Å². The SMILES string of the molecule is O.[AlH3].[Mn].[Ni]. The van der Waals surface area contributed by atoms with Crippen molar-refractivity contribution >= 4 is 17.4 Å². The number of hydrogen-bond donors (Lipinski definition) is 0. The predicted octanol–water partition coefficient (Wildman–Crippen LogP) is -2.01. The largest absolute Gasteiger partial charge is 0.412 e. The summed E-state index contributed by atoms with van der Waals surface area (Å²) in [6, 6.07) is 0. The van der Waals surface area contributed by atoms with Gasteiger partial charge in [0.2, 0.25) is 0 Å². The Morgan fingerprint density at radius 1 is 1.00 bits per heavy atom. The van der Waals surface area contributed by atoms with Gasteiger partial charge >= 0.3 is 0 Å². The first-order chi connectivity index (χ1) is 0. The van der Waals surface area contributed by atoms with E-state index in [0.717, 1.165) is 0 Å². The molecule has 0 bridgehead atoms. The number of rotatable bonds is 0. The van der Waals surface area contributed by atoms with Crippen molar-refractivity contribution in [3.63, 3.8) is 0 Å². The van der Waals surface area contributed by atoms with E-state index in [-0.39, 0.29) is 56.4 Å². The molecule has 1 radical (unpaired) electrons. The van der Waals surface area contributed by atoms with Crippen LogP contribution in [0.1, 0.15) is 0 Å². The smallest absolute Gasteiger partial charge is 0.187 e. The molecule has 0 unspecified atom stereocenters. The molecule has 0 spiro atoms. The molecule has 0 aliphatic rings. The fraction of sp³-hybridized carbons (Fsp3) is 0. The van der Waals surface area contributed by atoms with Gasteiger partial charge in [0.25, 0.3) is 0 Å². The molecule has 0 atom stereocenters. The van der Waals surface area contributed by atoms with E-state index in [1.807, 2.05) is 0 Å². The van der Waals surface area contributed by atoms with Crippen molar-refractivity contribution in [2.75, 3.05) is 0 Å². The minimum atomic E-state index is 0. The first-order valence-corrected chi connectivity index (χ1v) is 0. The molecular formula is H5AlMnNiO. The maximum atomic E-state index is 0. The van der Waals surface area contributed by atoms with Crippen molar-refractivity contribution in [1.29, 1.82) is 0 Å². The van der Waals surface area contributed by atoms with Gasteiger partial charge < -0.3 is 5.48 Å². The molecule has 31 valence electrons. The second-order valence-electron chi connectivity index (χ2n) is 0. The van der Waals surface area contributed by atoms with Gasteiger partial charge in [-0.25, -0.2) is 0 Å². The van der Waals surface area contributed by atoms with Crippen molar-refractivity contribution in [1.82, 2.24) is 0 Å². The molecule has 4 heavy (non-hydrogen) atoms. The molecule has 0 fully saturated rings. The fourth-order valence-corrected chi connectivity index (χ4v) is 0. The van der Waals surface area contributed by atoms with Gasteiger partial charge in [-0.2, -0.15) is 0 Å². The molecule has 0 aromatic rings. The molecule has 0 aromatic carbocycles. The molecule has 0 saturated carbocycles. The Morgan fingerprint density at radius 2 is 1.00 bits per heavy atom. The minimum absolute atomic E-state index is 0. The van der Waals surface area contributed by atoms with Crippen LogP contribution in [-0.2, 0) is 33.6 Å². The molecule has 0 heterocycles. The Kier molecular flexibility index (Phi) is 301. The van der Waals surface area contributed by atoms with Crippen LogP contribution in [0.15, 0.2) is 0 Å². The summed E-state index contributed by atoms with van der Waals surface area (Å²) in [7, 11) is 0. The summed E-state index contributed by atoms with van der Waals surface area (Å²) in [5.41, 5.74) is 0. The zero-order valence-electron chi connectivity index (χ0n) is 1.19. The van der Waals surface area contributed by atoms with E-state index < -0.39 is 0 Å². The van der Waals surface area contributed by atoms with E-state index in [2.05, 4.69) is 0 Å². The summed E-state index contributed by atoms with van der Waals surface area (Å²) in [4.78, 5) is 0. The summed E-state index contributed by atoms with van der Waals surface area (Å²) in [6.07, 6.45) is 0. The minimum Gasteiger partial charge on any atom is -0.412 e. The van der Waals surface area contributed by atoms with Crippen molar-refractivity contribution in [3.8, 4) is 0 Å². The molecule has 0 amide bonds. The Labute approximate surface area is 56.4 Å². The predicted molar refractivity (Wildman–Crippen MR) is 13.6 cm³/mol. The quantitative estimate of drug-likeness (QED) is 0.368. The van der Waals surface area contributed by atoms with Gasteiger partial charge in [-0.3, -0.25) is 0 Å². The maximum Gasteiger partial charge on any atom is 0.187 e. The molecule has 2 N–H and O–H groups in total. The van der Waals surface area contributed by atoms with E-state index in [4.69, 9.17) is 0 Å². The monoisotopic (exact) mass is 161 g/mol. The van der Waals surface area contributed by atoms with Gasteiger partial charge in [0.1, 0.15) is 0 Å². The third kappa shape index (κ3) is 9.71. The van der Waals surface area contributed by atoms with Crippen LogP contribution in [0.25, 0.3) is 0 Å². The average Bonchev–Trinajstić information content (AvgIpc) is 0. The van der Waals surface area contributed by atoms with Crippen molar-refractivity contribution in [3.05, 3.63) is 0 Å². The van der Waals surface area contributed by atoms with Crippen LogP contribution in [-0.4, -0.2) is 22.8 Å². The Morgan fingerprint density at radius 3 is 1.00 bits per heavy atom. The first kappa shape index (κ1) is 49.3. The Hall–Kier alpha value is 1.51. The standard InChI is InChI=1S/Al.Mn.Ni.H2O.3H/h;;;1H2;;;. The molecule has 0 aliphatic heterocycles. The van der Waals surface area contributed by atoms with Gasteiger partial charge in [0, 0.05) is 33.6 Å². The van der Waals surface area contributed by atoms with E-state index in [9.17, 15) is 0 Å². The fourth-order valence-electron chi connectivity index (χ4n) is 0. The summed E-state index contributed by atoms with van der Waals surface area (Å²) in [6.45, 7) is 0. The second-order valence-corrected chi connectivity index (χ2v) is 0. The summed E-state index contributed by atoms with van der Waals surface area (Å²) in [5, 5.41) is 0. The van der Waals surface area contributed by atoms with Crippen LogP contribution in [0, 0.1) is 0 Å². The summed E-state index contributed by atoms with van der Waals surface area (Å²) < 4.78 is 0. The van der Waals surface area contributed by atoms with E-state index in [0.29, 0.717) is 0 Å². The van der Waals surface area contributed by atoms with Crippen LogP contribution in [0.2, 0.25) is 0 Å². The van der Waals surface area contributed by atoms with Gasteiger partial charge in [-0.05, 0) is 0 Å². The van der Waals surface area contributed by atoms with Crippen LogP contribution in [0.5, 0.6) is 0 Å². The summed E-state index contributed by atoms with van der Waals surface area (Å²) >= 11 is 0. The van der Waals surface area contributed by atoms with Crippen LogP contribution < -0.4 is 0 Å². The Bertz CT molecular complexity index is 8.00.